The molecule has 0 bridgehead atoms. The van der Waals surface area contributed by atoms with Crippen LogP contribution in [0.4, 0.5) is 22.0 Å². The highest BCUT2D eigenvalue weighted by Gasteiger charge is 2.25. The van der Waals surface area contributed by atoms with Gasteiger partial charge in [-0.2, -0.15) is 0 Å². The molecule has 7 heteroatoms. The third kappa shape index (κ3) is 3.39. The Morgan fingerprint density at radius 1 is 1.17 bits per heavy atom. The highest BCUT2D eigenvalue weighted by molar-refractivity contribution is 6.02. The number of amides is 3. The number of fused-ring (bicyclic) bond motifs is 1. The third-order valence-corrected chi connectivity index (χ3v) is 3.25. The summed E-state index contributed by atoms with van der Waals surface area (Å²) in [5.74, 6) is 0.700. The van der Waals surface area contributed by atoms with Crippen LogP contribution in [0.2, 0.25) is 0 Å². The Bertz CT molecular complexity index is 733. The molecule has 3 rings (SSSR count). The number of hydrogen-bond acceptors (Lipinski definition) is 4. The zero-order valence-corrected chi connectivity index (χ0v) is 12.6. The average molecular weight is 312 g/mol. The summed E-state index contributed by atoms with van der Waals surface area (Å²) >= 11 is 0. The van der Waals surface area contributed by atoms with E-state index in [0.717, 1.165) is 0 Å². The lowest BCUT2D eigenvalue weighted by molar-refractivity contribution is -0.114. The molecule has 0 unspecified atom stereocenters. The molecule has 2 N–H and O–H groups in total. The highest BCUT2D eigenvalue weighted by atomic mass is 16.5. The summed E-state index contributed by atoms with van der Waals surface area (Å²) in [4.78, 5) is 29.3. The van der Waals surface area contributed by atoms with Crippen LogP contribution in [0, 0.1) is 0 Å². The number of anilines is 3. The summed E-state index contributed by atoms with van der Waals surface area (Å²) in [5.41, 5.74) is 1.24. The van der Waals surface area contributed by atoms with Crippen LogP contribution in [0.5, 0.6) is 5.75 Å². The number of para-hydroxylation sites is 1. The van der Waals surface area contributed by atoms with Gasteiger partial charge in [0.15, 0.2) is 11.6 Å². The van der Waals surface area contributed by atoms with Gasteiger partial charge in [0, 0.05) is 18.7 Å². The van der Waals surface area contributed by atoms with Crippen molar-refractivity contribution >= 4 is 29.1 Å². The lowest BCUT2D eigenvalue weighted by Gasteiger charge is -2.28. The number of carbonyl (C=O) groups excluding carboxylic acids is 2. The summed E-state index contributed by atoms with van der Waals surface area (Å²) in [6.45, 7) is 2.18. The van der Waals surface area contributed by atoms with Crippen LogP contribution in [0.3, 0.4) is 0 Å². The predicted octanol–water partition coefficient (Wildman–Crippen LogP) is 2.47. The largest absolute Gasteiger partial charge is 0.488 e. The fourth-order valence-corrected chi connectivity index (χ4v) is 2.28. The van der Waals surface area contributed by atoms with Gasteiger partial charge in [-0.1, -0.05) is 18.2 Å². The van der Waals surface area contributed by atoms with Gasteiger partial charge in [-0.3, -0.25) is 9.69 Å². The van der Waals surface area contributed by atoms with Gasteiger partial charge in [0.1, 0.15) is 6.61 Å². The number of ether oxygens (including phenoxy) is 1. The second kappa shape index (κ2) is 6.35. The fraction of sp³-hybridized carbons (Fsp3) is 0.188. The summed E-state index contributed by atoms with van der Waals surface area (Å²) < 4.78 is 5.54. The molecule has 7 nitrogen and oxygen atoms in total. The number of carbonyl (C=O) groups is 2. The number of aromatic nitrogens is 1. The van der Waals surface area contributed by atoms with E-state index in [4.69, 9.17) is 4.74 Å². The normalized spacial score (nSPS) is 12.8. The molecule has 0 spiro atoms. The molecule has 118 valence electrons. The predicted molar refractivity (Wildman–Crippen MR) is 86.8 cm³/mol. The molecule has 2 aromatic rings. The first-order valence-corrected chi connectivity index (χ1v) is 7.17. The first kappa shape index (κ1) is 14.8. The van der Waals surface area contributed by atoms with Gasteiger partial charge in [-0.25, -0.2) is 9.78 Å². The minimum absolute atomic E-state index is 0.193. The number of pyridine rings is 1. The van der Waals surface area contributed by atoms with Crippen molar-refractivity contribution in [2.24, 2.45) is 0 Å². The van der Waals surface area contributed by atoms with E-state index in [1.165, 1.54) is 18.0 Å². The fourth-order valence-electron chi connectivity index (χ4n) is 2.28. The number of nitrogens with one attached hydrogen (secondary N) is 2. The van der Waals surface area contributed by atoms with Gasteiger partial charge in [-0.05, 0) is 12.1 Å². The van der Waals surface area contributed by atoms with Gasteiger partial charge >= 0.3 is 6.03 Å². The van der Waals surface area contributed by atoms with Crippen LogP contribution in [0.1, 0.15) is 6.92 Å². The molecule has 0 saturated heterocycles. The van der Waals surface area contributed by atoms with Crippen molar-refractivity contribution in [2.75, 3.05) is 28.7 Å². The van der Waals surface area contributed by atoms with Crippen LogP contribution >= 0.6 is 0 Å². The molecule has 2 heterocycles. The maximum absolute atomic E-state index is 12.4. The van der Waals surface area contributed by atoms with Crippen molar-refractivity contribution in [3.05, 3.63) is 42.6 Å². The minimum Gasteiger partial charge on any atom is -0.488 e. The zero-order valence-electron chi connectivity index (χ0n) is 12.6. The van der Waals surface area contributed by atoms with Crippen molar-refractivity contribution < 1.29 is 14.3 Å². The van der Waals surface area contributed by atoms with Crippen molar-refractivity contribution in [3.63, 3.8) is 0 Å². The summed E-state index contributed by atoms with van der Waals surface area (Å²) in [6.07, 6.45) is 1.50. The molecular weight excluding hydrogens is 296 g/mol. The molecule has 0 fully saturated rings. The average Bonchev–Trinajstić information content (AvgIpc) is 2.54. The van der Waals surface area contributed by atoms with Crippen LogP contribution in [-0.2, 0) is 4.79 Å². The number of nitrogens with zero attached hydrogens (tertiary/aromatic N) is 2. The van der Waals surface area contributed by atoms with E-state index >= 15 is 0 Å². The Hall–Kier alpha value is -3.09. The third-order valence-electron chi connectivity index (χ3n) is 3.25. The van der Waals surface area contributed by atoms with Crippen LogP contribution < -0.4 is 20.3 Å². The molecule has 0 atom stereocenters. The van der Waals surface area contributed by atoms with Crippen molar-refractivity contribution in [2.45, 2.75) is 6.92 Å². The number of hydrogen-bond donors (Lipinski definition) is 2. The molecule has 1 aliphatic heterocycles. The van der Waals surface area contributed by atoms with Crippen molar-refractivity contribution in [1.82, 2.24) is 4.98 Å². The quantitative estimate of drug-likeness (QED) is 0.892. The zero-order chi connectivity index (χ0) is 16.2. The number of urea groups is 1. The smallest absolute Gasteiger partial charge is 0.327 e. The van der Waals surface area contributed by atoms with E-state index in [2.05, 4.69) is 15.6 Å². The lowest BCUT2D eigenvalue weighted by atomic mass is 10.3. The Balaban J connectivity index is 1.81. The van der Waals surface area contributed by atoms with E-state index < -0.39 is 0 Å². The Labute approximate surface area is 133 Å². The van der Waals surface area contributed by atoms with Gasteiger partial charge in [0.25, 0.3) is 0 Å². The molecule has 0 radical (unpaired) electrons. The molecular formula is C16H16N4O3. The van der Waals surface area contributed by atoms with E-state index in [1.54, 1.807) is 6.07 Å². The molecule has 1 aromatic heterocycles. The van der Waals surface area contributed by atoms with E-state index in [0.29, 0.717) is 36.1 Å². The Kier molecular flexibility index (Phi) is 4.09. The molecule has 1 aromatic carbocycles. The maximum Gasteiger partial charge on any atom is 0.327 e. The van der Waals surface area contributed by atoms with Gasteiger partial charge < -0.3 is 15.4 Å². The second-order valence-electron chi connectivity index (χ2n) is 5.02. The minimum atomic E-state index is -0.277. The van der Waals surface area contributed by atoms with E-state index in [9.17, 15) is 9.59 Å². The molecule has 0 aliphatic carbocycles. The van der Waals surface area contributed by atoms with Crippen LogP contribution in [0.25, 0.3) is 0 Å². The van der Waals surface area contributed by atoms with E-state index in [1.807, 2.05) is 30.3 Å². The first-order valence-electron chi connectivity index (χ1n) is 7.17. The number of benzene rings is 1. The molecule has 0 saturated carbocycles. The first-order chi connectivity index (χ1) is 11.1. The monoisotopic (exact) mass is 312 g/mol. The molecule has 1 aliphatic rings. The lowest BCUT2D eigenvalue weighted by Crippen LogP contribution is -2.41. The van der Waals surface area contributed by atoms with Crippen molar-refractivity contribution in [3.8, 4) is 5.75 Å². The SMILES string of the molecule is CC(=O)Nc1cnc2c(c1)OCCN2C(=O)Nc1ccccc1. The standard InChI is InChI=1S/C16H16N4O3/c1-11(21)18-13-9-14-15(17-10-13)20(7-8-23-14)16(22)19-12-5-3-2-4-6-12/h2-6,9-10H,7-8H2,1H3,(H,18,21)(H,19,22). The summed E-state index contributed by atoms with van der Waals surface area (Å²) in [7, 11) is 0. The van der Waals surface area contributed by atoms with Gasteiger partial charge in [0.05, 0.1) is 18.4 Å². The second-order valence-corrected chi connectivity index (χ2v) is 5.02. The van der Waals surface area contributed by atoms with Gasteiger partial charge in [0.2, 0.25) is 5.91 Å². The van der Waals surface area contributed by atoms with Crippen molar-refractivity contribution in [1.29, 1.82) is 0 Å². The van der Waals surface area contributed by atoms with Gasteiger partial charge in [-0.15, -0.1) is 0 Å². The maximum atomic E-state index is 12.4. The number of rotatable bonds is 2. The molecule has 3 amide bonds. The Morgan fingerprint density at radius 3 is 2.70 bits per heavy atom. The summed E-state index contributed by atoms with van der Waals surface area (Å²) in [6, 6.07) is 10.6. The van der Waals surface area contributed by atoms with E-state index in [-0.39, 0.29) is 11.9 Å². The molecule has 23 heavy (non-hydrogen) atoms. The summed E-state index contributed by atoms with van der Waals surface area (Å²) in [5, 5.41) is 5.46. The Morgan fingerprint density at radius 2 is 1.96 bits per heavy atom. The van der Waals surface area contributed by atoms with Crippen LogP contribution in [0.15, 0.2) is 42.6 Å². The highest BCUT2D eigenvalue weighted by Crippen LogP contribution is 2.32. The topological polar surface area (TPSA) is 83.6 Å². The van der Waals surface area contributed by atoms with Crippen LogP contribution in [-0.4, -0.2) is 30.1 Å².